The summed E-state index contributed by atoms with van der Waals surface area (Å²) >= 11 is 0. The van der Waals surface area contributed by atoms with E-state index in [1.807, 2.05) is 17.0 Å². The maximum Gasteiger partial charge on any atom is 0.425 e. The number of hydrogen-bond donors (Lipinski definition) is 1. The number of hydrogen-bond acceptors (Lipinski definition) is 5. The molecule has 10 heteroatoms. The van der Waals surface area contributed by atoms with E-state index < -0.39 is 29.9 Å². The van der Waals surface area contributed by atoms with Crippen LogP contribution in [0.5, 0.6) is 5.75 Å². The van der Waals surface area contributed by atoms with Gasteiger partial charge in [-0.05, 0) is 26.8 Å². The van der Waals surface area contributed by atoms with Gasteiger partial charge in [0.25, 0.3) is 0 Å². The van der Waals surface area contributed by atoms with E-state index in [9.17, 15) is 27.9 Å². The van der Waals surface area contributed by atoms with Crippen LogP contribution >= 0.6 is 0 Å². The number of rotatable bonds is 6. The number of piperazine rings is 1. The van der Waals surface area contributed by atoms with Gasteiger partial charge in [-0.2, -0.15) is 13.2 Å². The van der Waals surface area contributed by atoms with Crippen molar-refractivity contribution in [3.05, 3.63) is 29.8 Å². The molecule has 1 unspecified atom stereocenters. The van der Waals surface area contributed by atoms with Gasteiger partial charge in [0, 0.05) is 38.3 Å². The molecule has 1 saturated heterocycles. The molecule has 0 aliphatic carbocycles. The summed E-state index contributed by atoms with van der Waals surface area (Å²) < 4.78 is 47.7. The Morgan fingerprint density at radius 1 is 1.14 bits per heavy atom. The van der Waals surface area contributed by atoms with Crippen LogP contribution < -0.4 is 4.74 Å². The molecular formula is C19H25F3N2O5. The number of carboxylic acids is 1. The molecule has 2 rings (SSSR count). The Morgan fingerprint density at radius 2 is 1.72 bits per heavy atom. The van der Waals surface area contributed by atoms with Gasteiger partial charge < -0.3 is 19.5 Å². The fraction of sp³-hybridized carbons (Fsp3) is 0.579. The second kappa shape index (κ2) is 8.89. The molecule has 0 saturated carbocycles. The minimum absolute atomic E-state index is 0.229. The molecule has 1 atom stereocenters. The summed E-state index contributed by atoms with van der Waals surface area (Å²) in [5.41, 5.74) is -0.614. The van der Waals surface area contributed by atoms with Gasteiger partial charge in [0.15, 0.2) is 11.7 Å². The summed E-state index contributed by atoms with van der Waals surface area (Å²) in [6.07, 6.45) is -7.73. The molecule has 0 aromatic heterocycles. The number of para-hydroxylation sites is 1. The van der Waals surface area contributed by atoms with Gasteiger partial charge in [0.05, 0.1) is 0 Å². The zero-order chi connectivity index (χ0) is 21.8. The first kappa shape index (κ1) is 22.8. The summed E-state index contributed by atoms with van der Waals surface area (Å²) in [6.45, 7) is 5.49. The fourth-order valence-corrected chi connectivity index (χ4v) is 2.67. The van der Waals surface area contributed by atoms with Crippen LogP contribution in [0, 0.1) is 0 Å². The Morgan fingerprint density at radius 3 is 2.28 bits per heavy atom. The van der Waals surface area contributed by atoms with Crippen molar-refractivity contribution in [1.82, 2.24) is 9.80 Å². The number of carbonyl (C=O) groups is 2. The molecule has 1 aromatic rings. The van der Waals surface area contributed by atoms with Crippen LogP contribution in [0.2, 0.25) is 0 Å². The van der Waals surface area contributed by atoms with Crippen molar-refractivity contribution in [2.45, 2.75) is 45.2 Å². The maximum atomic E-state index is 12.5. The number of amides is 1. The number of nitrogens with zero attached hydrogens (tertiary/aromatic N) is 2. The van der Waals surface area contributed by atoms with E-state index in [1.165, 1.54) is 18.7 Å². The predicted molar refractivity (Wildman–Crippen MR) is 97.6 cm³/mol. The minimum atomic E-state index is -4.59. The smallest absolute Gasteiger partial charge is 0.425 e. The number of halogens is 3. The standard InChI is InChI=1S/C19H25F3N2O5/c1-13(19(20,21)22)28-17(27)24-10-8-23(9-11-24)12-14-6-4-5-7-15(14)29-18(2,3)16(25)26/h4-7,13H,8-12H2,1-3H3,(H,25,26). The average Bonchev–Trinajstić information content (AvgIpc) is 2.62. The third-order valence-corrected chi connectivity index (χ3v) is 4.62. The summed E-state index contributed by atoms with van der Waals surface area (Å²) in [6, 6.07) is 7.06. The zero-order valence-electron chi connectivity index (χ0n) is 16.5. The van der Waals surface area contributed by atoms with E-state index in [2.05, 4.69) is 4.74 Å². The lowest BCUT2D eigenvalue weighted by Crippen LogP contribution is -2.49. The fourth-order valence-electron chi connectivity index (χ4n) is 2.67. The molecule has 1 aliphatic rings. The van der Waals surface area contributed by atoms with E-state index >= 15 is 0 Å². The number of ether oxygens (including phenoxy) is 2. The number of carbonyl (C=O) groups excluding carboxylic acids is 1. The Kier molecular flexibility index (Phi) is 6.99. The number of benzene rings is 1. The summed E-state index contributed by atoms with van der Waals surface area (Å²) in [5, 5.41) is 9.25. The molecule has 1 aromatic carbocycles. The van der Waals surface area contributed by atoms with Gasteiger partial charge >= 0.3 is 18.2 Å². The molecule has 0 radical (unpaired) electrons. The molecule has 1 N–H and O–H groups in total. The Balaban J connectivity index is 1.93. The van der Waals surface area contributed by atoms with Gasteiger partial charge in [0.2, 0.25) is 0 Å². The van der Waals surface area contributed by atoms with E-state index in [1.54, 1.807) is 12.1 Å². The lowest BCUT2D eigenvalue weighted by Gasteiger charge is -2.35. The minimum Gasteiger partial charge on any atom is -0.478 e. The third-order valence-electron chi connectivity index (χ3n) is 4.62. The van der Waals surface area contributed by atoms with Crippen molar-refractivity contribution < 1.29 is 37.3 Å². The molecular weight excluding hydrogens is 393 g/mol. The summed E-state index contributed by atoms with van der Waals surface area (Å²) in [7, 11) is 0. The van der Waals surface area contributed by atoms with E-state index in [4.69, 9.17) is 4.74 Å². The molecule has 29 heavy (non-hydrogen) atoms. The molecule has 0 bridgehead atoms. The van der Waals surface area contributed by atoms with Gasteiger partial charge in [-0.1, -0.05) is 18.2 Å². The van der Waals surface area contributed by atoms with Crippen molar-refractivity contribution in [3.8, 4) is 5.75 Å². The summed E-state index contributed by atoms with van der Waals surface area (Å²) in [4.78, 5) is 26.5. The van der Waals surface area contributed by atoms with Gasteiger partial charge in [-0.15, -0.1) is 0 Å². The van der Waals surface area contributed by atoms with Crippen molar-refractivity contribution in [2.75, 3.05) is 26.2 Å². The quantitative estimate of drug-likeness (QED) is 0.765. The van der Waals surface area contributed by atoms with E-state index in [0.29, 0.717) is 25.4 Å². The molecule has 0 spiro atoms. The number of alkyl halides is 3. The highest BCUT2D eigenvalue weighted by Crippen LogP contribution is 2.26. The Labute approximate surface area is 167 Å². The van der Waals surface area contributed by atoms with Crippen molar-refractivity contribution >= 4 is 12.1 Å². The Bertz CT molecular complexity index is 731. The third kappa shape index (κ3) is 6.25. The highest BCUT2D eigenvalue weighted by atomic mass is 19.4. The Hall–Kier alpha value is -2.49. The van der Waals surface area contributed by atoms with Gasteiger partial charge in [0.1, 0.15) is 5.75 Å². The lowest BCUT2D eigenvalue weighted by atomic mass is 10.1. The van der Waals surface area contributed by atoms with Crippen molar-refractivity contribution in [1.29, 1.82) is 0 Å². The predicted octanol–water partition coefficient (Wildman–Crippen LogP) is 3.13. The van der Waals surface area contributed by atoms with Crippen LogP contribution in [0.25, 0.3) is 0 Å². The average molecular weight is 418 g/mol. The molecule has 1 amide bonds. The van der Waals surface area contributed by atoms with Crippen LogP contribution in [0.3, 0.4) is 0 Å². The van der Waals surface area contributed by atoms with Crippen molar-refractivity contribution in [3.63, 3.8) is 0 Å². The van der Waals surface area contributed by atoms with Crippen LogP contribution in [0.1, 0.15) is 26.3 Å². The SMILES string of the molecule is CC(OC(=O)N1CCN(Cc2ccccc2OC(C)(C)C(=O)O)CC1)C(F)(F)F. The zero-order valence-corrected chi connectivity index (χ0v) is 16.5. The van der Waals surface area contributed by atoms with Crippen LogP contribution in [0.4, 0.5) is 18.0 Å². The maximum absolute atomic E-state index is 12.5. The molecule has 162 valence electrons. The number of carboxylic acid groups (broad SMARTS) is 1. The molecule has 1 heterocycles. The molecule has 7 nitrogen and oxygen atoms in total. The van der Waals surface area contributed by atoms with Crippen LogP contribution in [-0.4, -0.2) is 71.0 Å². The van der Waals surface area contributed by atoms with Crippen molar-refractivity contribution in [2.24, 2.45) is 0 Å². The largest absolute Gasteiger partial charge is 0.478 e. The second-order valence-electron chi connectivity index (χ2n) is 7.36. The van der Waals surface area contributed by atoms with Crippen LogP contribution in [0.15, 0.2) is 24.3 Å². The summed E-state index contributed by atoms with van der Waals surface area (Å²) in [5.74, 6) is -0.645. The van der Waals surface area contributed by atoms with E-state index in [-0.39, 0.29) is 13.1 Å². The van der Waals surface area contributed by atoms with Crippen LogP contribution in [-0.2, 0) is 16.1 Å². The second-order valence-corrected chi connectivity index (χ2v) is 7.36. The first-order valence-electron chi connectivity index (χ1n) is 9.15. The number of aliphatic carboxylic acids is 1. The van der Waals surface area contributed by atoms with Gasteiger partial charge in [-0.25, -0.2) is 9.59 Å². The van der Waals surface area contributed by atoms with Gasteiger partial charge in [-0.3, -0.25) is 4.90 Å². The highest BCUT2D eigenvalue weighted by Gasteiger charge is 2.40. The molecule has 1 fully saturated rings. The van der Waals surface area contributed by atoms with E-state index in [0.717, 1.165) is 12.5 Å². The lowest BCUT2D eigenvalue weighted by molar-refractivity contribution is -0.200. The first-order chi connectivity index (χ1) is 13.4. The highest BCUT2D eigenvalue weighted by molar-refractivity contribution is 5.76. The first-order valence-corrected chi connectivity index (χ1v) is 9.15. The topological polar surface area (TPSA) is 79.3 Å². The normalized spacial score (nSPS) is 17.0. The monoisotopic (exact) mass is 418 g/mol. The molecule has 1 aliphatic heterocycles.